The van der Waals surface area contributed by atoms with Gasteiger partial charge < -0.3 is 11.1 Å². The number of nitrogens with one attached hydrogen (secondary N) is 1. The highest BCUT2D eigenvalue weighted by Crippen LogP contribution is 2.32. The van der Waals surface area contributed by atoms with Crippen LogP contribution in [-0.4, -0.2) is 19.6 Å². The summed E-state index contributed by atoms with van der Waals surface area (Å²) in [5.41, 5.74) is 5.68. The van der Waals surface area contributed by atoms with E-state index in [1.165, 1.54) is 19.3 Å². The molecule has 0 aromatic carbocycles. The molecular formula is C9H20N2. The van der Waals surface area contributed by atoms with E-state index in [2.05, 4.69) is 12.2 Å². The summed E-state index contributed by atoms with van der Waals surface area (Å²) in [6.45, 7) is 5.20. The van der Waals surface area contributed by atoms with Crippen LogP contribution in [0.3, 0.4) is 0 Å². The zero-order valence-electron chi connectivity index (χ0n) is 7.47. The molecule has 1 rings (SSSR count). The minimum atomic E-state index is 0.740. The van der Waals surface area contributed by atoms with Crippen LogP contribution >= 0.6 is 0 Å². The van der Waals surface area contributed by atoms with Gasteiger partial charge in [0, 0.05) is 0 Å². The zero-order chi connectivity index (χ0) is 8.10. The highest BCUT2D eigenvalue weighted by molar-refractivity contribution is 4.79. The summed E-state index contributed by atoms with van der Waals surface area (Å²) in [6, 6.07) is 0. The molecule has 1 saturated carbocycles. The van der Waals surface area contributed by atoms with Gasteiger partial charge in [-0.05, 0) is 31.5 Å². The molecule has 1 aliphatic carbocycles. The molecule has 11 heavy (non-hydrogen) atoms. The van der Waals surface area contributed by atoms with E-state index in [0.29, 0.717) is 0 Å². The first kappa shape index (κ1) is 9.01. The lowest BCUT2D eigenvalue weighted by molar-refractivity contribution is 0.207. The Morgan fingerprint density at radius 2 is 2.27 bits per heavy atom. The van der Waals surface area contributed by atoms with Crippen LogP contribution in [0.2, 0.25) is 0 Å². The van der Waals surface area contributed by atoms with Gasteiger partial charge in [-0.15, -0.1) is 0 Å². The Kier molecular flexibility index (Phi) is 3.87. The molecule has 1 unspecified atom stereocenters. The molecule has 1 atom stereocenters. The van der Waals surface area contributed by atoms with Crippen molar-refractivity contribution in [2.45, 2.75) is 26.2 Å². The van der Waals surface area contributed by atoms with Gasteiger partial charge in [0.25, 0.3) is 0 Å². The second-order valence-electron chi connectivity index (χ2n) is 3.49. The number of nitrogens with two attached hydrogens (primary N) is 1. The monoisotopic (exact) mass is 156 g/mol. The highest BCUT2D eigenvalue weighted by atomic mass is 14.9. The summed E-state index contributed by atoms with van der Waals surface area (Å²) >= 11 is 0. The van der Waals surface area contributed by atoms with Crippen LogP contribution in [0.15, 0.2) is 0 Å². The van der Waals surface area contributed by atoms with Gasteiger partial charge in [0.1, 0.15) is 0 Å². The maximum Gasteiger partial charge on any atom is -0.000591 e. The molecule has 1 aliphatic rings. The second-order valence-corrected chi connectivity index (χ2v) is 3.49. The second kappa shape index (κ2) is 4.73. The molecule has 66 valence electrons. The lowest BCUT2D eigenvalue weighted by atomic mass is 9.76. The van der Waals surface area contributed by atoms with Crippen LogP contribution < -0.4 is 11.1 Å². The Morgan fingerprint density at radius 3 is 2.64 bits per heavy atom. The zero-order valence-corrected chi connectivity index (χ0v) is 7.47. The van der Waals surface area contributed by atoms with E-state index >= 15 is 0 Å². The summed E-state index contributed by atoms with van der Waals surface area (Å²) in [5.74, 6) is 1.67. The third kappa shape index (κ3) is 2.46. The molecule has 0 radical (unpaired) electrons. The van der Waals surface area contributed by atoms with E-state index in [9.17, 15) is 0 Å². The molecule has 0 bridgehead atoms. The molecule has 0 aromatic heterocycles. The van der Waals surface area contributed by atoms with Crippen molar-refractivity contribution in [3.8, 4) is 0 Å². The van der Waals surface area contributed by atoms with Crippen molar-refractivity contribution >= 4 is 0 Å². The fourth-order valence-corrected chi connectivity index (χ4v) is 1.68. The first-order valence-corrected chi connectivity index (χ1v) is 4.79. The smallest absolute Gasteiger partial charge is 0.000591 e. The summed E-state index contributed by atoms with van der Waals surface area (Å²) in [5, 5.41) is 3.37. The quantitative estimate of drug-likeness (QED) is 0.622. The third-order valence-corrected chi connectivity index (χ3v) is 2.78. The Balaban J connectivity index is 2.13. The molecule has 0 amide bonds. The normalized spacial score (nSPS) is 21.3. The van der Waals surface area contributed by atoms with Crippen molar-refractivity contribution in [2.24, 2.45) is 17.6 Å². The van der Waals surface area contributed by atoms with Crippen molar-refractivity contribution in [1.82, 2.24) is 5.32 Å². The van der Waals surface area contributed by atoms with Crippen molar-refractivity contribution in [2.75, 3.05) is 19.6 Å². The third-order valence-electron chi connectivity index (χ3n) is 2.78. The van der Waals surface area contributed by atoms with Crippen LogP contribution in [-0.2, 0) is 0 Å². The van der Waals surface area contributed by atoms with Crippen LogP contribution in [0.4, 0.5) is 0 Å². The molecule has 3 N–H and O–H groups in total. The van der Waals surface area contributed by atoms with Gasteiger partial charge in [-0.2, -0.15) is 0 Å². The molecule has 0 heterocycles. The van der Waals surface area contributed by atoms with Gasteiger partial charge in [0.2, 0.25) is 0 Å². The van der Waals surface area contributed by atoms with Crippen LogP contribution in [0, 0.1) is 11.8 Å². The molecular weight excluding hydrogens is 136 g/mol. The minimum absolute atomic E-state index is 0.740. The van der Waals surface area contributed by atoms with Crippen molar-refractivity contribution in [1.29, 1.82) is 0 Å². The van der Waals surface area contributed by atoms with Crippen molar-refractivity contribution in [3.05, 3.63) is 0 Å². The van der Waals surface area contributed by atoms with Gasteiger partial charge >= 0.3 is 0 Å². The first-order valence-electron chi connectivity index (χ1n) is 4.79. The van der Waals surface area contributed by atoms with E-state index in [1.807, 2.05) is 0 Å². The molecule has 0 spiro atoms. The largest absolute Gasteiger partial charge is 0.330 e. The number of rotatable bonds is 5. The lowest BCUT2D eigenvalue weighted by Gasteiger charge is -2.33. The predicted octanol–water partition coefficient (Wildman–Crippen LogP) is 0.971. The molecule has 2 heteroatoms. The minimum Gasteiger partial charge on any atom is -0.330 e. The number of hydrogen-bond donors (Lipinski definition) is 2. The average Bonchev–Trinajstić information content (AvgIpc) is 1.93. The first-order chi connectivity index (χ1) is 5.38. The molecule has 2 nitrogen and oxygen atoms in total. The average molecular weight is 156 g/mol. The SMILES string of the molecule is CCNCC(CN)C1CCC1. The number of hydrogen-bond acceptors (Lipinski definition) is 2. The summed E-state index contributed by atoms with van der Waals surface area (Å²) < 4.78 is 0. The van der Waals surface area contributed by atoms with Crippen molar-refractivity contribution < 1.29 is 0 Å². The van der Waals surface area contributed by atoms with E-state index in [1.54, 1.807) is 0 Å². The fourth-order valence-electron chi connectivity index (χ4n) is 1.68. The molecule has 0 aliphatic heterocycles. The van der Waals surface area contributed by atoms with Crippen LogP contribution in [0.1, 0.15) is 26.2 Å². The van der Waals surface area contributed by atoms with Gasteiger partial charge in [0.15, 0.2) is 0 Å². The van der Waals surface area contributed by atoms with Gasteiger partial charge in [-0.25, -0.2) is 0 Å². The van der Waals surface area contributed by atoms with E-state index in [-0.39, 0.29) is 0 Å². The molecule has 0 aromatic rings. The van der Waals surface area contributed by atoms with Gasteiger partial charge in [-0.1, -0.05) is 26.2 Å². The molecule has 1 fully saturated rings. The van der Waals surface area contributed by atoms with Gasteiger partial charge in [-0.3, -0.25) is 0 Å². The maximum absolute atomic E-state index is 5.68. The van der Waals surface area contributed by atoms with E-state index in [0.717, 1.165) is 31.5 Å². The molecule has 0 saturated heterocycles. The standard InChI is InChI=1S/C9H20N2/c1-2-11-7-9(6-10)8-4-3-5-8/h8-9,11H,2-7,10H2,1H3. The lowest BCUT2D eigenvalue weighted by Crippen LogP contribution is -2.36. The Morgan fingerprint density at radius 1 is 1.55 bits per heavy atom. The highest BCUT2D eigenvalue weighted by Gasteiger charge is 2.25. The fraction of sp³-hybridized carbons (Fsp3) is 1.00. The summed E-state index contributed by atoms with van der Waals surface area (Å²) in [6.07, 6.45) is 4.24. The maximum atomic E-state index is 5.68. The Hall–Kier alpha value is -0.0800. The predicted molar refractivity (Wildman–Crippen MR) is 48.4 cm³/mol. The van der Waals surface area contributed by atoms with E-state index < -0.39 is 0 Å². The summed E-state index contributed by atoms with van der Waals surface area (Å²) in [7, 11) is 0. The Bertz CT molecular complexity index is 99.7. The van der Waals surface area contributed by atoms with Crippen LogP contribution in [0.5, 0.6) is 0 Å². The van der Waals surface area contributed by atoms with Crippen molar-refractivity contribution in [3.63, 3.8) is 0 Å². The van der Waals surface area contributed by atoms with Gasteiger partial charge in [0.05, 0.1) is 0 Å². The van der Waals surface area contributed by atoms with Crippen LogP contribution in [0.25, 0.3) is 0 Å². The summed E-state index contributed by atoms with van der Waals surface area (Å²) in [4.78, 5) is 0. The Labute approximate surface area is 69.5 Å². The van der Waals surface area contributed by atoms with E-state index in [4.69, 9.17) is 5.73 Å². The topological polar surface area (TPSA) is 38.0 Å².